The number of amides is 1. The molecule has 0 fully saturated rings. The second kappa shape index (κ2) is 12.9. The number of halogens is 4. The summed E-state index contributed by atoms with van der Waals surface area (Å²) in [6, 6.07) is 13.1. The van der Waals surface area contributed by atoms with E-state index in [4.69, 9.17) is 4.74 Å². The number of alkyl halides is 2. The van der Waals surface area contributed by atoms with E-state index in [2.05, 4.69) is 10.6 Å². The maximum Gasteiger partial charge on any atom is 0.408 e. The number of carbonyl (C=O) groups is 1. The highest BCUT2D eigenvalue weighted by Crippen LogP contribution is 2.37. The highest BCUT2D eigenvalue weighted by atomic mass is 19.3. The molecule has 0 aliphatic rings. The Kier molecular flexibility index (Phi) is 10.1. The van der Waals surface area contributed by atoms with E-state index < -0.39 is 35.8 Å². The van der Waals surface area contributed by atoms with Crippen LogP contribution in [-0.2, 0) is 11.3 Å². The van der Waals surface area contributed by atoms with E-state index in [0.29, 0.717) is 12.1 Å². The normalized spacial score (nSPS) is 13.8. The molecule has 1 aromatic heterocycles. The first-order valence-corrected chi connectivity index (χ1v) is 13.3. The average Bonchev–Trinajstić information content (AvgIpc) is 3.23. The van der Waals surface area contributed by atoms with Crippen molar-refractivity contribution in [2.75, 3.05) is 6.54 Å². The molecule has 40 heavy (non-hydrogen) atoms. The lowest BCUT2D eigenvalue weighted by Gasteiger charge is -2.33. The monoisotopic (exact) mass is 561 g/mol. The minimum Gasteiger partial charge on any atom is -0.444 e. The molecule has 5 nitrogen and oxygen atoms in total. The van der Waals surface area contributed by atoms with Crippen LogP contribution in [0.5, 0.6) is 0 Å². The minimum atomic E-state index is -2.79. The van der Waals surface area contributed by atoms with Gasteiger partial charge in [0.15, 0.2) is 0 Å². The number of hydrogen-bond acceptors (Lipinski definition) is 3. The van der Waals surface area contributed by atoms with Crippen LogP contribution in [0.2, 0.25) is 0 Å². The zero-order chi connectivity index (χ0) is 29.7. The van der Waals surface area contributed by atoms with Crippen molar-refractivity contribution in [2.24, 2.45) is 5.41 Å². The van der Waals surface area contributed by atoms with Crippen LogP contribution in [0.25, 0.3) is 11.1 Å². The van der Waals surface area contributed by atoms with Gasteiger partial charge in [-0.1, -0.05) is 51.1 Å². The van der Waals surface area contributed by atoms with E-state index in [-0.39, 0.29) is 30.0 Å². The lowest BCUT2D eigenvalue weighted by atomic mass is 9.84. The van der Waals surface area contributed by atoms with E-state index in [0.717, 1.165) is 29.5 Å². The largest absolute Gasteiger partial charge is 0.444 e. The Bertz CT molecular complexity index is 1260. The van der Waals surface area contributed by atoms with Gasteiger partial charge in [-0.2, -0.15) is 0 Å². The molecule has 0 aliphatic heterocycles. The standard InChI is InChI=1S/C31H39F4N3O2/c1-30(2,3)27(36-15-14-25(28(34)35)37-29(39)40-31(4,5)6)26-16-21(23-17-22(32)12-13-24(23)33)19-38(26)18-20-10-8-7-9-11-20/h7-13,16-17,19,25,27-28,36H,14-15,18H2,1-6H3,(H,37,39)/t25?,27-/m0/s1. The molecule has 3 rings (SSSR count). The smallest absolute Gasteiger partial charge is 0.408 e. The molecule has 0 saturated carbocycles. The molecule has 0 bridgehead atoms. The molecule has 0 spiro atoms. The zero-order valence-corrected chi connectivity index (χ0v) is 23.9. The second-order valence-corrected chi connectivity index (χ2v) is 12.0. The van der Waals surface area contributed by atoms with Crippen molar-refractivity contribution in [3.63, 3.8) is 0 Å². The first kappa shape index (κ1) is 31.2. The van der Waals surface area contributed by atoms with Gasteiger partial charge in [-0.15, -0.1) is 0 Å². The second-order valence-electron chi connectivity index (χ2n) is 12.0. The third-order valence-corrected chi connectivity index (χ3v) is 6.34. The Morgan fingerprint density at radius 3 is 2.25 bits per heavy atom. The summed E-state index contributed by atoms with van der Waals surface area (Å²) in [7, 11) is 0. The number of ether oxygens (including phenoxy) is 1. The number of nitrogens with one attached hydrogen (secondary N) is 2. The number of carbonyl (C=O) groups excluding carboxylic acids is 1. The number of nitrogens with zero attached hydrogens (tertiary/aromatic N) is 1. The maximum absolute atomic E-state index is 14.7. The first-order valence-electron chi connectivity index (χ1n) is 13.3. The molecule has 218 valence electrons. The van der Waals surface area contributed by atoms with Crippen LogP contribution in [0.15, 0.2) is 60.8 Å². The summed E-state index contributed by atoms with van der Waals surface area (Å²) < 4.78 is 63.4. The van der Waals surface area contributed by atoms with Crippen molar-refractivity contribution in [1.82, 2.24) is 15.2 Å². The van der Waals surface area contributed by atoms with E-state index >= 15 is 0 Å². The van der Waals surface area contributed by atoms with E-state index in [1.54, 1.807) is 27.0 Å². The molecule has 2 N–H and O–H groups in total. The topological polar surface area (TPSA) is 55.3 Å². The van der Waals surface area contributed by atoms with Gasteiger partial charge in [0, 0.05) is 29.6 Å². The van der Waals surface area contributed by atoms with Crippen LogP contribution in [0.4, 0.5) is 22.4 Å². The Morgan fingerprint density at radius 2 is 1.65 bits per heavy atom. The van der Waals surface area contributed by atoms with Gasteiger partial charge in [-0.05, 0) is 69.0 Å². The van der Waals surface area contributed by atoms with Crippen molar-refractivity contribution < 1.29 is 27.1 Å². The van der Waals surface area contributed by atoms with Gasteiger partial charge in [0.1, 0.15) is 17.2 Å². The van der Waals surface area contributed by atoms with Crippen molar-refractivity contribution in [1.29, 1.82) is 0 Å². The van der Waals surface area contributed by atoms with Gasteiger partial charge in [0.05, 0.1) is 12.1 Å². The van der Waals surface area contributed by atoms with Crippen molar-refractivity contribution in [3.8, 4) is 11.1 Å². The predicted octanol–water partition coefficient (Wildman–Crippen LogP) is 7.71. The van der Waals surface area contributed by atoms with Gasteiger partial charge < -0.3 is 19.9 Å². The zero-order valence-electron chi connectivity index (χ0n) is 23.9. The third-order valence-electron chi connectivity index (χ3n) is 6.34. The van der Waals surface area contributed by atoms with Gasteiger partial charge in [-0.25, -0.2) is 22.4 Å². The molecule has 1 amide bonds. The van der Waals surface area contributed by atoms with Crippen molar-refractivity contribution >= 4 is 6.09 Å². The molecule has 2 aromatic carbocycles. The number of rotatable bonds is 10. The van der Waals surface area contributed by atoms with Crippen LogP contribution in [0, 0.1) is 17.0 Å². The molecule has 0 aliphatic carbocycles. The fourth-order valence-corrected chi connectivity index (χ4v) is 4.51. The van der Waals surface area contributed by atoms with Gasteiger partial charge in [0.2, 0.25) is 0 Å². The van der Waals surface area contributed by atoms with Gasteiger partial charge in [-0.3, -0.25) is 0 Å². The van der Waals surface area contributed by atoms with Crippen molar-refractivity contribution in [3.05, 3.63) is 83.7 Å². The molecular formula is C31H39F4N3O2. The Hall–Kier alpha value is -3.33. The molecule has 0 radical (unpaired) electrons. The summed E-state index contributed by atoms with van der Waals surface area (Å²) in [6.07, 6.45) is -1.95. The molecule has 3 aromatic rings. The van der Waals surface area contributed by atoms with Crippen LogP contribution < -0.4 is 10.6 Å². The molecular weight excluding hydrogens is 522 g/mol. The van der Waals surface area contributed by atoms with E-state index in [1.165, 1.54) is 0 Å². The lowest BCUT2D eigenvalue weighted by molar-refractivity contribution is 0.0362. The Balaban J connectivity index is 1.90. The minimum absolute atomic E-state index is 0.0474. The number of benzene rings is 2. The molecule has 1 heterocycles. The Labute approximate surface area is 233 Å². The fourth-order valence-electron chi connectivity index (χ4n) is 4.51. The van der Waals surface area contributed by atoms with Crippen LogP contribution in [0.1, 0.15) is 65.3 Å². The van der Waals surface area contributed by atoms with E-state index in [1.807, 2.05) is 61.7 Å². The Morgan fingerprint density at radius 1 is 0.975 bits per heavy atom. The first-order chi connectivity index (χ1) is 18.6. The summed E-state index contributed by atoms with van der Waals surface area (Å²) in [4.78, 5) is 12.1. The molecule has 1 unspecified atom stereocenters. The van der Waals surface area contributed by atoms with Gasteiger partial charge >= 0.3 is 6.09 Å². The van der Waals surface area contributed by atoms with Crippen molar-refractivity contribution in [2.45, 2.75) is 78.6 Å². The SMILES string of the molecule is CC(C)(C)OC(=O)NC(CCN[C@@H](c1cc(-c2cc(F)ccc2F)cn1Cc1ccccc1)C(C)(C)C)C(F)F. The van der Waals surface area contributed by atoms with E-state index in [9.17, 15) is 22.4 Å². The summed E-state index contributed by atoms with van der Waals surface area (Å²) in [5.74, 6) is -1.09. The third kappa shape index (κ3) is 8.84. The summed E-state index contributed by atoms with van der Waals surface area (Å²) in [6.45, 7) is 11.6. The summed E-state index contributed by atoms with van der Waals surface area (Å²) in [5.41, 5.74) is 1.26. The number of alkyl carbamates (subject to hydrolysis) is 1. The maximum atomic E-state index is 14.7. The number of aromatic nitrogens is 1. The van der Waals surface area contributed by atoms with Crippen LogP contribution >= 0.6 is 0 Å². The lowest BCUT2D eigenvalue weighted by Crippen LogP contribution is -2.45. The highest BCUT2D eigenvalue weighted by Gasteiger charge is 2.31. The number of hydrogen-bond donors (Lipinski definition) is 2. The molecule has 0 saturated heterocycles. The van der Waals surface area contributed by atoms with Crippen LogP contribution in [-0.4, -0.2) is 35.3 Å². The average molecular weight is 562 g/mol. The summed E-state index contributed by atoms with van der Waals surface area (Å²) in [5, 5.41) is 5.66. The molecule has 9 heteroatoms. The molecule has 2 atom stereocenters. The van der Waals surface area contributed by atoms with Crippen LogP contribution in [0.3, 0.4) is 0 Å². The highest BCUT2D eigenvalue weighted by molar-refractivity contribution is 5.68. The van der Waals surface area contributed by atoms with Gasteiger partial charge in [0.25, 0.3) is 6.43 Å². The quantitative estimate of drug-likeness (QED) is 0.249. The summed E-state index contributed by atoms with van der Waals surface area (Å²) >= 11 is 0. The predicted molar refractivity (Wildman–Crippen MR) is 149 cm³/mol. The fraction of sp³-hybridized carbons (Fsp3) is 0.452.